The van der Waals surface area contributed by atoms with Gasteiger partial charge in [-0.25, -0.2) is 18.5 Å². The van der Waals surface area contributed by atoms with Gasteiger partial charge in [-0.3, -0.25) is 14.2 Å². The van der Waals surface area contributed by atoms with Crippen LogP contribution >= 0.6 is 11.8 Å². The minimum absolute atomic E-state index is 0.0275. The number of rotatable bonds is 3. The molecule has 2 aromatic rings. The molecule has 1 amide bonds. The zero-order valence-electron chi connectivity index (χ0n) is 12.4. The van der Waals surface area contributed by atoms with Crippen LogP contribution in [-0.4, -0.2) is 29.6 Å². The zero-order valence-corrected chi connectivity index (χ0v) is 14.0. The number of anilines is 1. The zero-order chi connectivity index (χ0) is 17.3. The predicted molar refractivity (Wildman–Crippen MR) is 89.2 cm³/mol. The molecular weight excluding hydrogens is 352 g/mol. The van der Waals surface area contributed by atoms with Gasteiger partial charge < -0.3 is 5.32 Å². The highest BCUT2D eigenvalue weighted by atomic mass is 32.2. The molecule has 0 bridgehead atoms. The van der Waals surface area contributed by atoms with E-state index in [0.717, 1.165) is 0 Å². The minimum Gasteiger partial charge on any atom is -0.326 e. The van der Waals surface area contributed by atoms with Gasteiger partial charge in [-0.15, -0.1) is 0 Å². The number of nitrogens with two attached hydrogens (primary N) is 1. The molecule has 0 aliphatic carbocycles. The molecular formula is C14H14N4O4S2. The normalized spacial score (nSPS) is 17.1. The van der Waals surface area contributed by atoms with E-state index < -0.39 is 10.0 Å². The molecule has 1 aromatic heterocycles. The number of amides is 1. The van der Waals surface area contributed by atoms with E-state index in [1.807, 2.05) is 0 Å². The van der Waals surface area contributed by atoms with Crippen LogP contribution in [0.15, 0.2) is 51.4 Å². The Hall–Kier alpha value is -2.17. The topological polar surface area (TPSA) is 124 Å². The van der Waals surface area contributed by atoms with Gasteiger partial charge in [0.2, 0.25) is 15.9 Å². The van der Waals surface area contributed by atoms with Gasteiger partial charge in [-0.2, -0.15) is 0 Å². The van der Waals surface area contributed by atoms with Crippen LogP contribution < -0.4 is 16.0 Å². The van der Waals surface area contributed by atoms with E-state index in [-0.39, 0.29) is 28.8 Å². The summed E-state index contributed by atoms with van der Waals surface area (Å²) in [5.41, 5.74) is 0.268. The van der Waals surface area contributed by atoms with Crippen molar-refractivity contribution in [3.05, 3.63) is 46.9 Å². The van der Waals surface area contributed by atoms with Gasteiger partial charge in [0, 0.05) is 30.2 Å². The first-order valence-electron chi connectivity index (χ1n) is 6.97. The molecule has 1 aliphatic heterocycles. The summed E-state index contributed by atoms with van der Waals surface area (Å²) < 4.78 is 23.9. The Morgan fingerprint density at radius 2 is 2.00 bits per heavy atom. The maximum atomic E-state index is 12.4. The number of fused-ring (bicyclic) bond motifs is 1. The first kappa shape index (κ1) is 16.7. The molecule has 24 heavy (non-hydrogen) atoms. The van der Waals surface area contributed by atoms with E-state index in [9.17, 15) is 18.0 Å². The number of benzene rings is 1. The van der Waals surface area contributed by atoms with Gasteiger partial charge in [0.05, 0.1) is 10.8 Å². The summed E-state index contributed by atoms with van der Waals surface area (Å²) in [5, 5.41) is 8.35. The molecule has 1 unspecified atom stereocenters. The quantitative estimate of drug-likeness (QED) is 0.751. The molecule has 2 heterocycles. The Labute approximate surface area is 142 Å². The van der Waals surface area contributed by atoms with Gasteiger partial charge in [0.25, 0.3) is 5.56 Å². The number of carbonyl (C=O) groups excluding carboxylic acids is 1. The summed E-state index contributed by atoms with van der Waals surface area (Å²) in [6.45, 7) is 0.260. The molecule has 0 radical (unpaired) electrons. The van der Waals surface area contributed by atoms with Crippen molar-refractivity contribution in [3.8, 4) is 0 Å². The standard InChI is InChI=1S/C14H14N4O4S2/c15-24(21,22)11-3-1-10(2-4-11)17-13(20)9-7-18-12(19)5-6-16-14(18)23-8-9/h1-6,9H,7-8H2,(H,17,20)(H2,15,21,22). The number of thioether (sulfide) groups is 1. The van der Waals surface area contributed by atoms with Gasteiger partial charge >= 0.3 is 0 Å². The number of hydrogen-bond donors (Lipinski definition) is 2. The number of primary sulfonamides is 1. The van der Waals surface area contributed by atoms with E-state index in [0.29, 0.717) is 16.6 Å². The number of carbonyl (C=O) groups is 1. The molecule has 0 fully saturated rings. The van der Waals surface area contributed by atoms with Crippen LogP contribution in [0, 0.1) is 5.92 Å². The van der Waals surface area contributed by atoms with E-state index in [2.05, 4.69) is 10.3 Å². The summed E-state index contributed by atoms with van der Waals surface area (Å²) in [5.74, 6) is -0.119. The summed E-state index contributed by atoms with van der Waals surface area (Å²) in [6.07, 6.45) is 1.45. The first-order valence-corrected chi connectivity index (χ1v) is 9.50. The largest absolute Gasteiger partial charge is 0.326 e. The van der Waals surface area contributed by atoms with Crippen molar-refractivity contribution in [2.24, 2.45) is 11.1 Å². The van der Waals surface area contributed by atoms with Crippen molar-refractivity contribution < 1.29 is 13.2 Å². The fourth-order valence-electron chi connectivity index (χ4n) is 2.28. The number of sulfonamides is 1. The van der Waals surface area contributed by atoms with E-state index >= 15 is 0 Å². The second kappa shape index (κ2) is 6.38. The lowest BCUT2D eigenvalue weighted by Crippen LogP contribution is -2.36. The third kappa shape index (κ3) is 3.50. The van der Waals surface area contributed by atoms with Crippen LogP contribution in [0.4, 0.5) is 5.69 Å². The van der Waals surface area contributed by atoms with E-state index in [1.165, 1.54) is 52.9 Å². The summed E-state index contributed by atoms with van der Waals surface area (Å²) in [4.78, 5) is 28.3. The number of aromatic nitrogens is 2. The van der Waals surface area contributed by atoms with Crippen molar-refractivity contribution in [1.82, 2.24) is 9.55 Å². The third-order valence-corrected chi connectivity index (χ3v) is 5.62. The van der Waals surface area contributed by atoms with Gasteiger partial charge in [-0.05, 0) is 24.3 Å². The minimum atomic E-state index is -3.77. The molecule has 10 heteroatoms. The number of hydrogen-bond acceptors (Lipinski definition) is 6. The van der Waals surface area contributed by atoms with Crippen molar-refractivity contribution in [2.75, 3.05) is 11.1 Å². The molecule has 1 atom stereocenters. The molecule has 0 saturated heterocycles. The first-order chi connectivity index (χ1) is 11.3. The van der Waals surface area contributed by atoms with Crippen LogP contribution in [0.1, 0.15) is 0 Å². The van der Waals surface area contributed by atoms with Crippen LogP contribution in [0.5, 0.6) is 0 Å². The van der Waals surface area contributed by atoms with Gasteiger partial charge in [0.15, 0.2) is 5.16 Å². The predicted octanol–water partition coefficient (Wildman–Crippen LogP) is 0.251. The highest BCUT2D eigenvalue weighted by Crippen LogP contribution is 2.25. The molecule has 3 N–H and O–H groups in total. The van der Waals surface area contributed by atoms with Gasteiger partial charge in [0.1, 0.15) is 0 Å². The average molecular weight is 366 g/mol. The second-order valence-electron chi connectivity index (χ2n) is 5.24. The fraction of sp³-hybridized carbons (Fsp3) is 0.214. The van der Waals surface area contributed by atoms with Crippen molar-refractivity contribution >= 4 is 33.4 Å². The molecule has 1 aromatic carbocycles. The van der Waals surface area contributed by atoms with Crippen LogP contribution in [0.25, 0.3) is 0 Å². The maximum Gasteiger partial charge on any atom is 0.254 e. The van der Waals surface area contributed by atoms with Crippen LogP contribution in [0.3, 0.4) is 0 Å². The fourth-order valence-corrected chi connectivity index (χ4v) is 3.86. The average Bonchev–Trinajstić information content (AvgIpc) is 2.54. The Balaban J connectivity index is 1.72. The maximum absolute atomic E-state index is 12.4. The van der Waals surface area contributed by atoms with E-state index in [1.54, 1.807) is 0 Å². The summed E-state index contributed by atoms with van der Waals surface area (Å²) in [6, 6.07) is 6.94. The Bertz CT molecular complexity index is 938. The van der Waals surface area contributed by atoms with Crippen LogP contribution in [0.2, 0.25) is 0 Å². The highest BCUT2D eigenvalue weighted by Gasteiger charge is 2.26. The van der Waals surface area contributed by atoms with Crippen molar-refractivity contribution in [2.45, 2.75) is 16.6 Å². The Morgan fingerprint density at radius 1 is 1.29 bits per heavy atom. The molecule has 3 rings (SSSR count). The molecule has 126 valence electrons. The monoisotopic (exact) mass is 366 g/mol. The third-order valence-electron chi connectivity index (χ3n) is 3.54. The number of nitrogens with one attached hydrogen (secondary N) is 1. The molecule has 1 aliphatic rings. The Morgan fingerprint density at radius 3 is 2.67 bits per heavy atom. The Kier molecular flexibility index (Phi) is 4.43. The van der Waals surface area contributed by atoms with Gasteiger partial charge in [-0.1, -0.05) is 11.8 Å². The SMILES string of the molecule is NS(=O)(=O)c1ccc(NC(=O)C2CSc3nccc(=O)n3C2)cc1. The van der Waals surface area contributed by atoms with Crippen molar-refractivity contribution in [1.29, 1.82) is 0 Å². The lowest BCUT2D eigenvalue weighted by Gasteiger charge is -2.23. The summed E-state index contributed by atoms with van der Waals surface area (Å²) >= 11 is 1.35. The summed E-state index contributed by atoms with van der Waals surface area (Å²) in [7, 11) is -3.77. The highest BCUT2D eigenvalue weighted by molar-refractivity contribution is 7.99. The van der Waals surface area contributed by atoms with Crippen LogP contribution in [-0.2, 0) is 21.4 Å². The molecule has 0 saturated carbocycles. The molecule has 8 nitrogen and oxygen atoms in total. The lowest BCUT2D eigenvalue weighted by molar-refractivity contribution is -0.119. The molecule has 0 spiro atoms. The smallest absolute Gasteiger partial charge is 0.254 e. The lowest BCUT2D eigenvalue weighted by atomic mass is 10.1. The van der Waals surface area contributed by atoms with E-state index in [4.69, 9.17) is 5.14 Å². The van der Waals surface area contributed by atoms with Crippen molar-refractivity contribution in [3.63, 3.8) is 0 Å². The number of nitrogens with zero attached hydrogens (tertiary/aromatic N) is 2. The second-order valence-corrected chi connectivity index (χ2v) is 7.79.